The van der Waals surface area contributed by atoms with E-state index < -0.39 is 6.04 Å². The van der Waals surface area contributed by atoms with Crippen molar-refractivity contribution in [2.75, 3.05) is 7.05 Å². The van der Waals surface area contributed by atoms with Crippen LogP contribution in [0.1, 0.15) is 18.5 Å². The van der Waals surface area contributed by atoms with Crippen LogP contribution in [0, 0.1) is 6.92 Å². The maximum Gasteiger partial charge on any atom is 0.267 e. The summed E-state index contributed by atoms with van der Waals surface area (Å²) in [6.07, 6.45) is 0. The van der Waals surface area contributed by atoms with E-state index in [0.717, 1.165) is 11.1 Å². The lowest BCUT2D eigenvalue weighted by Crippen LogP contribution is -2.35. The summed E-state index contributed by atoms with van der Waals surface area (Å²) in [7, 11) is 1.54. The molecule has 1 N–H and O–H groups in total. The minimum absolute atomic E-state index is 0.249. The third kappa shape index (κ3) is 2.77. The van der Waals surface area contributed by atoms with Crippen molar-refractivity contribution in [2.24, 2.45) is 0 Å². The smallest absolute Gasteiger partial charge is 0.267 e. The van der Waals surface area contributed by atoms with Crippen LogP contribution in [0.2, 0.25) is 0 Å². The Balaban J connectivity index is 2.45. The van der Waals surface area contributed by atoms with E-state index in [9.17, 15) is 9.59 Å². The largest absolute Gasteiger partial charge is 0.357 e. The first-order valence-electron chi connectivity index (χ1n) is 6.41. The number of carbonyl (C=O) groups is 1. The first kappa shape index (κ1) is 14.0. The van der Waals surface area contributed by atoms with E-state index in [1.54, 1.807) is 13.0 Å². The van der Waals surface area contributed by atoms with E-state index in [0.29, 0.717) is 5.69 Å². The summed E-state index contributed by atoms with van der Waals surface area (Å²) in [6, 6.07) is 10.3. The standard InChI is InChI=1S/C15H17N3O2/c1-10-4-6-12(7-5-10)13-8-9-14(19)18(17-13)11(2)15(20)16-3/h4-9,11H,1-3H3,(H,16,20). The lowest BCUT2D eigenvalue weighted by atomic mass is 10.1. The topological polar surface area (TPSA) is 64.0 Å². The Morgan fingerprint density at radius 1 is 1.20 bits per heavy atom. The second kappa shape index (κ2) is 5.69. The minimum atomic E-state index is -0.641. The van der Waals surface area contributed by atoms with Gasteiger partial charge < -0.3 is 5.32 Å². The van der Waals surface area contributed by atoms with Gasteiger partial charge in [0.2, 0.25) is 5.91 Å². The molecule has 0 bridgehead atoms. The predicted octanol–water partition coefficient (Wildman–Crippen LogP) is 1.53. The van der Waals surface area contributed by atoms with Crippen LogP contribution in [-0.4, -0.2) is 22.7 Å². The molecule has 2 aromatic rings. The van der Waals surface area contributed by atoms with E-state index >= 15 is 0 Å². The summed E-state index contributed by atoms with van der Waals surface area (Å²) < 4.78 is 1.20. The normalized spacial score (nSPS) is 11.9. The molecule has 5 nitrogen and oxygen atoms in total. The molecule has 1 aromatic heterocycles. The minimum Gasteiger partial charge on any atom is -0.357 e. The monoisotopic (exact) mass is 271 g/mol. The number of likely N-dealkylation sites (N-methyl/N-ethyl adjacent to an activating group) is 1. The van der Waals surface area contributed by atoms with Crippen LogP contribution in [0.15, 0.2) is 41.2 Å². The van der Waals surface area contributed by atoms with Crippen molar-refractivity contribution in [1.82, 2.24) is 15.1 Å². The van der Waals surface area contributed by atoms with Crippen LogP contribution in [0.4, 0.5) is 0 Å². The molecule has 0 aliphatic heterocycles. The van der Waals surface area contributed by atoms with Gasteiger partial charge in [-0.05, 0) is 19.9 Å². The highest BCUT2D eigenvalue weighted by molar-refractivity contribution is 5.79. The number of aryl methyl sites for hydroxylation is 1. The van der Waals surface area contributed by atoms with Crippen LogP contribution in [0.25, 0.3) is 11.3 Å². The lowest BCUT2D eigenvalue weighted by molar-refractivity contribution is -0.123. The fraction of sp³-hybridized carbons (Fsp3) is 0.267. The van der Waals surface area contributed by atoms with E-state index in [2.05, 4.69) is 10.4 Å². The maximum absolute atomic E-state index is 11.8. The number of nitrogens with one attached hydrogen (secondary N) is 1. The van der Waals surface area contributed by atoms with Gasteiger partial charge >= 0.3 is 0 Å². The number of hydrogen-bond donors (Lipinski definition) is 1. The number of nitrogens with zero attached hydrogens (tertiary/aromatic N) is 2. The molecule has 0 fully saturated rings. The molecule has 0 radical (unpaired) electrons. The van der Waals surface area contributed by atoms with Crippen LogP contribution in [-0.2, 0) is 4.79 Å². The molecule has 2 rings (SSSR count). The first-order chi connectivity index (χ1) is 9.52. The van der Waals surface area contributed by atoms with Gasteiger partial charge in [-0.15, -0.1) is 0 Å². The lowest BCUT2D eigenvalue weighted by Gasteiger charge is -2.13. The van der Waals surface area contributed by atoms with Crippen molar-refractivity contribution in [3.63, 3.8) is 0 Å². The fourth-order valence-corrected chi connectivity index (χ4v) is 1.90. The predicted molar refractivity (Wildman–Crippen MR) is 77.4 cm³/mol. The van der Waals surface area contributed by atoms with Gasteiger partial charge in [-0.2, -0.15) is 5.10 Å². The average molecular weight is 271 g/mol. The van der Waals surface area contributed by atoms with Gasteiger partial charge in [0.1, 0.15) is 6.04 Å². The summed E-state index contributed by atoms with van der Waals surface area (Å²) in [5.41, 5.74) is 2.44. The van der Waals surface area contributed by atoms with E-state index in [1.165, 1.54) is 17.8 Å². The zero-order valence-electron chi connectivity index (χ0n) is 11.8. The molecular weight excluding hydrogens is 254 g/mol. The van der Waals surface area contributed by atoms with E-state index in [-0.39, 0.29) is 11.5 Å². The van der Waals surface area contributed by atoms with Crippen molar-refractivity contribution >= 4 is 5.91 Å². The summed E-state index contributed by atoms with van der Waals surface area (Å²) >= 11 is 0. The Labute approximate surface area is 117 Å². The molecule has 0 spiro atoms. The highest BCUT2D eigenvalue weighted by Crippen LogP contribution is 2.16. The SMILES string of the molecule is CNC(=O)C(C)n1nc(-c2ccc(C)cc2)ccc1=O. The van der Waals surface area contributed by atoms with Gasteiger partial charge in [0.05, 0.1) is 5.69 Å². The van der Waals surface area contributed by atoms with Crippen molar-refractivity contribution in [2.45, 2.75) is 19.9 Å². The summed E-state index contributed by atoms with van der Waals surface area (Å²) in [5, 5.41) is 6.80. The zero-order chi connectivity index (χ0) is 14.7. The van der Waals surface area contributed by atoms with Gasteiger partial charge in [-0.3, -0.25) is 9.59 Å². The second-order valence-electron chi connectivity index (χ2n) is 4.66. The maximum atomic E-state index is 11.8. The molecule has 104 valence electrons. The highest BCUT2D eigenvalue weighted by Gasteiger charge is 2.16. The van der Waals surface area contributed by atoms with Crippen molar-refractivity contribution in [3.8, 4) is 11.3 Å². The summed E-state index contributed by atoms with van der Waals surface area (Å²) in [6.45, 7) is 3.65. The molecule has 20 heavy (non-hydrogen) atoms. The van der Waals surface area contributed by atoms with E-state index in [4.69, 9.17) is 0 Å². The molecule has 0 aliphatic carbocycles. The first-order valence-corrected chi connectivity index (χ1v) is 6.41. The van der Waals surface area contributed by atoms with Gasteiger partial charge in [0, 0.05) is 18.7 Å². The fourth-order valence-electron chi connectivity index (χ4n) is 1.90. The molecule has 1 aromatic carbocycles. The Morgan fingerprint density at radius 2 is 1.85 bits per heavy atom. The molecule has 5 heteroatoms. The number of benzene rings is 1. The number of amides is 1. The molecular formula is C15H17N3O2. The molecule has 0 aliphatic rings. The molecule has 0 saturated heterocycles. The number of rotatable bonds is 3. The summed E-state index contributed by atoms with van der Waals surface area (Å²) in [4.78, 5) is 23.5. The molecule has 1 amide bonds. The van der Waals surface area contributed by atoms with Gasteiger partial charge in [0.25, 0.3) is 5.56 Å². The Bertz CT molecular complexity index is 674. The van der Waals surface area contributed by atoms with Gasteiger partial charge in [0.15, 0.2) is 0 Å². The van der Waals surface area contributed by atoms with Crippen LogP contribution >= 0.6 is 0 Å². The Morgan fingerprint density at radius 3 is 2.45 bits per heavy atom. The van der Waals surface area contributed by atoms with Crippen molar-refractivity contribution < 1.29 is 4.79 Å². The highest BCUT2D eigenvalue weighted by atomic mass is 16.2. The number of carbonyl (C=O) groups excluding carboxylic acids is 1. The Kier molecular flexibility index (Phi) is 3.98. The third-order valence-corrected chi connectivity index (χ3v) is 3.17. The van der Waals surface area contributed by atoms with Crippen LogP contribution in [0.5, 0.6) is 0 Å². The molecule has 1 atom stereocenters. The van der Waals surface area contributed by atoms with Gasteiger partial charge in [-0.25, -0.2) is 4.68 Å². The Hall–Kier alpha value is -2.43. The second-order valence-corrected chi connectivity index (χ2v) is 4.66. The van der Waals surface area contributed by atoms with Gasteiger partial charge in [-0.1, -0.05) is 29.8 Å². The van der Waals surface area contributed by atoms with Crippen molar-refractivity contribution in [3.05, 3.63) is 52.3 Å². The number of aromatic nitrogens is 2. The molecule has 1 heterocycles. The number of hydrogen-bond acceptors (Lipinski definition) is 3. The van der Waals surface area contributed by atoms with Crippen LogP contribution in [0.3, 0.4) is 0 Å². The quantitative estimate of drug-likeness (QED) is 0.920. The van der Waals surface area contributed by atoms with Crippen molar-refractivity contribution in [1.29, 1.82) is 0 Å². The third-order valence-electron chi connectivity index (χ3n) is 3.17. The zero-order valence-corrected chi connectivity index (χ0v) is 11.8. The molecule has 0 saturated carbocycles. The molecule has 1 unspecified atom stereocenters. The average Bonchev–Trinajstić information content (AvgIpc) is 2.47. The van der Waals surface area contributed by atoms with E-state index in [1.807, 2.05) is 31.2 Å². The van der Waals surface area contributed by atoms with Crippen LogP contribution < -0.4 is 10.9 Å². The summed E-state index contributed by atoms with van der Waals surface area (Å²) in [5.74, 6) is -0.249.